The highest BCUT2D eigenvalue weighted by Crippen LogP contribution is 2.19. The first kappa shape index (κ1) is 15.4. The van der Waals surface area contributed by atoms with Crippen LogP contribution in [0.2, 0.25) is 0 Å². The largest absolute Gasteiger partial charge is 0.481 e. The van der Waals surface area contributed by atoms with Gasteiger partial charge in [-0.1, -0.05) is 6.92 Å². The van der Waals surface area contributed by atoms with E-state index in [0.29, 0.717) is 6.42 Å². The molecule has 7 nitrogen and oxygen atoms in total. The number of nitrogens with two attached hydrogens (primary N) is 1. The van der Waals surface area contributed by atoms with Gasteiger partial charge < -0.3 is 21.3 Å². The van der Waals surface area contributed by atoms with Crippen molar-refractivity contribution in [3.63, 3.8) is 0 Å². The Bertz CT molecular complexity index is 312. The average molecular weight is 246 g/mol. The number of amides is 1. The monoisotopic (exact) mass is 246 g/mol. The van der Waals surface area contributed by atoms with Gasteiger partial charge in [0.15, 0.2) is 0 Å². The molecule has 17 heavy (non-hydrogen) atoms. The van der Waals surface area contributed by atoms with Crippen LogP contribution in [0.1, 0.15) is 26.7 Å². The molecule has 0 aliphatic carbocycles. The van der Waals surface area contributed by atoms with E-state index >= 15 is 0 Å². The predicted octanol–water partition coefficient (Wildman–Crippen LogP) is -0.594. The fourth-order valence-corrected chi connectivity index (χ4v) is 1.10. The molecule has 0 saturated heterocycles. The summed E-state index contributed by atoms with van der Waals surface area (Å²) in [5.41, 5.74) is 4.56. The van der Waals surface area contributed by atoms with E-state index in [-0.39, 0.29) is 6.54 Å². The Morgan fingerprint density at radius 1 is 1.35 bits per heavy atom. The lowest BCUT2D eigenvalue weighted by molar-refractivity contribution is -0.148. The summed E-state index contributed by atoms with van der Waals surface area (Å²) in [6.45, 7) is 3.41. The van der Waals surface area contributed by atoms with Gasteiger partial charge in [0.05, 0.1) is 11.8 Å². The van der Waals surface area contributed by atoms with E-state index in [9.17, 15) is 14.4 Å². The summed E-state index contributed by atoms with van der Waals surface area (Å²) >= 11 is 0. The lowest BCUT2D eigenvalue weighted by Gasteiger charge is -2.26. The highest BCUT2D eigenvalue weighted by atomic mass is 16.4. The number of nitrogens with one attached hydrogen (secondary N) is 1. The van der Waals surface area contributed by atoms with Crippen LogP contribution in [-0.4, -0.2) is 40.6 Å². The summed E-state index contributed by atoms with van der Waals surface area (Å²) in [6.07, 6.45) is -0.222. The summed E-state index contributed by atoms with van der Waals surface area (Å²) in [5, 5.41) is 19.5. The molecule has 7 heteroatoms. The SMILES string of the molecule is CCC(C)(CN)C(=O)NC(CC(=O)O)C(=O)O. The first-order chi connectivity index (χ1) is 7.76. The molecule has 98 valence electrons. The zero-order valence-corrected chi connectivity index (χ0v) is 9.90. The molecular formula is C10H18N2O5. The zero-order chi connectivity index (χ0) is 13.6. The first-order valence-electron chi connectivity index (χ1n) is 5.22. The zero-order valence-electron chi connectivity index (χ0n) is 9.90. The Labute approximate surface area is 99.0 Å². The molecule has 0 aromatic rings. The average Bonchev–Trinajstić information content (AvgIpc) is 2.26. The Balaban J connectivity index is 4.71. The molecule has 0 fully saturated rings. The fraction of sp³-hybridized carbons (Fsp3) is 0.700. The standard InChI is InChI=1S/C10H18N2O5/c1-3-10(2,5-11)9(17)12-6(8(15)16)4-7(13)14/h6H,3-5,11H2,1-2H3,(H,12,17)(H,13,14)(H,15,16). The van der Waals surface area contributed by atoms with Crippen LogP contribution >= 0.6 is 0 Å². The lowest BCUT2D eigenvalue weighted by atomic mass is 9.86. The maximum Gasteiger partial charge on any atom is 0.326 e. The van der Waals surface area contributed by atoms with E-state index < -0.39 is 35.7 Å². The van der Waals surface area contributed by atoms with Crippen molar-refractivity contribution in [1.82, 2.24) is 5.32 Å². The summed E-state index contributed by atoms with van der Waals surface area (Å²) < 4.78 is 0. The van der Waals surface area contributed by atoms with Crippen LogP contribution < -0.4 is 11.1 Å². The number of rotatable bonds is 7. The van der Waals surface area contributed by atoms with E-state index in [2.05, 4.69) is 5.32 Å². The van der Waals surface area contributed by atoms with E-state index in [0.717, 1.165) is 0 Å². The second-order valence-electron chi connectivity index (χ2n) is 4.08. The van der Waals surface area contributed by atoms with Crippen LogP contribution in [0, 0.1) is 5.41 Å². The summed E-state index contributed by atoms with van der Waals surface area (Å²) in [4.78, 5) is 33.0. The molecule has 0 spiro atoms. The third-order valence-electron chi connectivity index (χ3n) is 2.76. The number of hydrogen-bond donors (Lipinski definition) is 4. The Morgan fingerprint density at radius 3 is 2.18 bits per heavy atom. The van der Waals surface area contributed by atoms with Crippen molar-refractivity contribution >= 4 is 17.8 Å². The third-order valence-corrected chi connectivity index (χ3v) is 2.76. The smallest absolute Gasteiger partial charge is 0.326 e. The van der Waals surface area contributed by atoms with Gasteiger partial charge in [-0.05, 0) is 13.3 Å². The summed E-state index contributed by atoms with van der Waals surface area (Å²) in [7, 11) is 0. The summed E-state index contributed by atoms with van der Waals surface area (Å²) in [5.74, 6) is -3.21. The topological polar surface area (TPSA) is 130 Å². The quantitative estimate of drug-likeness (QED) is 0.475. The number of carboxylic acids is 2. The molecule has 0 bridgehead atoms. The van der Waals surface area contributed by atoms with Crippen molar-refractivity contribution in [3.05, 3.63) is 0 Å². The molecule has 0 aliphatic rings. The maximum absolute atomic E-state index is 11.8. The molecule has 0 rings (SSSR count). The molecule has 1 amide bonds. The minimum Gasteiger partial charge on any atom is -0.481 e. The van der Waals surface area contributed by atoms with Crippen LogP contribution in [-0.2, 0) is 14.4 Å². The van der Waals surface area contributed by atoms with Gasteiger partial charge in [0.2, 0.25) is 5.91 Å². The normalized spacial score (nSPS) is 15.7. The molecule has 0 saturated carbocycles. The fourth-order valence-electron chi connectivity index (χ4n) is 1.10. The van der Waals surface area contributed by atoms with Gasteiger partial charge >= 0.3 is 11.9 Å². The van der Waals surface area contributed by atoms with Crippen LogP contribution in [0.3, 0.4) is 0 Å². The minimum atomic E-state index is -1.43. The molecular weight excluding hydrogens is 228 g/mol. The van der Waals surface area contributed by atoms with E-state index in [4.69, 9.17) is 15.9 Å². The Hall–Kier alpha value is -1.63. The molecule has 2 unspecified atom stereocenters. The number of hydrogen-bond acceptors (Lipinski definition) is 4. The number of carbonyl (C=O) groups is 3. The molecule has 0 aromatic heterocycles. The molecule has 0 aliphatic heterocycles. The van der Waals surface area contributed by atoms with Crippen molar-refractivity contribution in [2.45, 2.75) is 32.7 Å². The van der Waals surface area contributed by atoms with Crippen LogP contribution in [0.15, 0.2) is 0 Å². The molecule has 2 atom stereocenters. The van der Waals surface area contributed by atoms with Crippen molar-refractivity contribution in [1.29, 1.82) is 0 Å². The predicted molar refractivity (Wildman–Crippen MR) is 59.3 cm³/mol. The first-order valence-corrected chi connectivity index (χ1v) is 5.22. The van der Waals surface area contributed by atoms with E-state index in [1.165, 1.54) is 0 Å². The number of carbonyl (C=O) groups excluding carboxylic acids is 1. The maximum atomic E-state index is 11.8. The van der Waals surface area contributed by atoms with Gasteiger partial charge in [0, 0.05) is 6.54 Å². The van der Waals surface area contributed by atoms with Crippen molar-refractivity contribution in [3.8, 4) is 0 Å². The molecule has 0 aromatic carbocycles. The highest BCUT2D eigenvalue weighted by molar-refractivity contribution is 5.89. The lowest BCUT2D eigenvalue weighted by Crippen LogP contribution is -2.50. The highest BCUT2D eigenvalue weighted by Gasteiger charge is 2.33. The van der Waals surface area contributed by atoms with Crippen LogP contribution in [0.25, 0.3) is 0 Å². The van der Waals surface area contributed by atoms with Gasteiger partial charge in [-0.15, -0.1) is 0 Å². The number of carboxylic acid groups (broad SMARTS) is 2. The van der Waals surface area contributed by atoms with Crippen LogP contribution in [0.5, 0.6) is 0 Å². The van der Waals surface area contributed by atoms with Crippen LogP contribution in [0.4, 0.5) is 0 Å². The minimum absolute atomic E-state index is 0.0642. The van der Waals surface area contributed by atoms with E-state index in [1.54, 1.807) is 13.8 Å². The number of aliphatic carboxylic acids is 2. The second kappa shape index (κ2) is 6.19. The third kappa shape index (κ3) is 4.39. The van der Waals surface area contributed by atoms with Crippen molar-refractivity contribution < 1.29 is 24.6 Å². The van der Waals surface area contributed by atoms with Crippen molar-refractivity contribution in [2.24, 2.45) is 11.1 Å². The molecule has 0 radical (unpaired) electrons. The Kier molecular flexibility index (Phi) is 5.60. The molecule has 5 N–H and O–H groups in total. The van der Waals surface area contributed by atoms with Gasteiger partial charge in [-0.2, -0.15) is 0 Å². The molecule has 0 heterocycles. The Morgan fingerprint density at radius 2 is 1.88 bits per heavy atom. The second-order valence-corrected chi connectivity index (χ2v) is 4.08. The summed E-state index contributed by atoms with van der Waals surface area (Å²) in [6, 6.07) is -1.43. The van der Waals surface area contributed by atoms with Gasteiger partial charge in [-0.25, -0.2) is 4.79 Å². The van der Waals surface area contributed by atoms with Gasteiger partial charge in [-0.3, -0.25) is 9.59 Å². The van der Waals surface area contributed by atoms with Crippen molar-refractivity contribution in [2.75, 3.05) is 6.54 Å². The van der Waals surface area contributed by atoms with E-state index in [1.807, 2.05) is 0 Å². The van der Waals surface area contributed by atoms with Gasteiger partial charge in [0.1, 0.15) is 6.04 Å². The van der Waals surface area contributed by atoms with Gasteiger partial charge in [0.25, 0.3) is 0 Å².